The van der Waals surface area contributed by atoms with Crippen LogP contribution in [-0.4, -0.2) is 56.3 Å². The molecule has 0 fully saturated rings. The van der Waals surface area contributed by atoms with Crippen molar-refractivity contribution in [3.63, 3.8) is 0 Å². The Hall–Kier alpha value is -1.44. The summed E-state index contributed by atoms with van der Waals surface area (Å²) in [5.41, 5.74) is 0. The summed E-state index contributed by atoms with van der Waals surface area (Å²) in [7, 11) is 0. The number of hydrogen-bond donors (Lipinski definition) is 1. The zero-order valence-electron chi connectivity index (χ0n) is 12.7. The predicted molar refractivity (Wildman–Crippen MR) is 63.6 cm³/mol. The molecule has 0 aromatic carbocycles. The van der Waals surface area contributed by atoms with Gasteiger partial charge in [-0.25, -0.2) is 13.2 Å². The molecule has 0 aromatic rings. The molecule has 0 aliphatic heterocycles. The van der Waals surface area contributed by atoms with Crippen molar-refractivity contribution in [1.29, 1.82) is 0 Å². The van der Waals surface area contributed by atoms with Crippen LogP contribution in [0.15, 0.2) is 0 Å². The van der Waals surface area contributed by atoms with E-state index in [2.05, 4.69) is 0 Å². The first-order valence-electron chi connectivity index (χ1n) is 6.15. The second-order valence-electron chi connectivity index (χ2n) is 3.66. The van der Waals surface area contributed by atoms with Gasteiger partial charge in [0.2, 0.25) is 0 Å². The summed E-state index contributed by atoms with van der Waals surface area (Å²) in [6.45, 7) is -4.33. The van der Waals surface area contributed by atoms with E-state index in [1.807, 2.05) is 0 Å². The van der Waals surface area contributed by atoms with Gasteiger partial charge in [-0.15, -0.1) is 0 Å². The molecule has 0 aromatic heterocycles. The van der Waals surface area contributed by atoms with E-state index < -0.39 is 51.2 Å². The summed E-state index contributed by atoms with van der Waals surface area (Å²) >= 11 is 0. The van der Waals surface area contributed by atoms with Crippen molar-refractivity contribution in [2.24, 2.45) is 0 Å². The third-order valence-electron chi connectivity index (χ3n) is 1.32. The molecule has 1 N–H and O–H groups in total. The predicted octanol–water partition coefficient (Wildman–Crippen LogP) is 5.77. The van der Waals surface area contributed by atoms with Gasteiger partial charge in [0, 0.05) is 6.42 Å². The molecular weight excluding hydrogens is 411 g/mol. The Morgan fingerprint density at radius 2 is 0.962 bits per heavy atom. The van der Waals surface area contributed by atoms with Gasteiger partial charge < -0.3 is 5.11 Å². The molecule has 0 saturated heterocycles. The molecule has 0 atom stereocenters. The first kappa shape index (κ1) is 32.3. The highest BCUT2D eigenvalue weighted by molar-refractivity contribution is 5.66. The summed E-state index contributed by atoms with van der Waals surface area (Å²) in [4.78, 5) is 9.75. The Morgan fingerprint density at radius 3 is 1.08 bits per heavy atom. The molecule has 15 heteroatoms. The maximum atomic E-state index is 11.3. The first-order valence-corrected chi connectivity index (χ1v) is 6.15. The maximum Gasteiger partial charge on any atom is 0.487 e. The second-order valence-corrected chi connectivity index (χ2v) is 3.66. The lowest BCUT2D eigenvalue weighted by Gasteiger charge is -2.08. The molecule has 162 valence electrons. The molecule has 2 nitrogen and oxygen atoms in total. The molecule has 0 aliphatic carbocycles. The fraction of sp³-hybridized carbons (Fsp3) is 0.909. The van der Waals surface area contributed by atoms with E-state index in [4.69, 9.17) is 5.11 Å². The van der Waals surface area contributed by atoms with Crippen LogP contribution in [0.25, 0.3) is 0 Å². The van der Waals surface area contributed by atoms with E-state index in [-0.39, 0.29) is 6.42 Å². The number of carboxylic acid groups (broad SMARTS) is 1. The lowest BCUT2D eigenvalue weighted by atomic mass is 10.2. The molecule has 0 spiro atoms. The van der Waals surface area contributed by atoms with Gasteiger partial charge in [-0.1, -0.05) is 0 Å². The van der Waals surface area contributed by atoms with Gasteiger partial charge in [-0.05, 0) is 12.8 Å². The zero-order chi connectivity index (χ0) is 22.0. The summed E-state index contributed by atoms with van der Waals surface area (Å²) in [5.74, 6) is -0.849. The quantitative estimate of drug-likeness (QED) is 0.448. The van der Waals surface area contributed by atoms with E-state index in [9.17, 15) is 61.9 Å². The first-order chi connectivity index (χ1) is 11.5. The van der Waals surface area contributed by atoms with Gasteiger partial charge in [0.05, 0.1) is 6.67 Å². The van der Waals surface area contributed by atoms with Crippen LogP contribution in [0.5, 0.6) is 0 Å². The minimum Gasteiger partial charge on any atom is -0.481 e. The molecule has 0 saturated carbocycles. The molecule has 0 amide bonds. The van der Waals surface area contributed by atoms with Crippen LogP contribution in [0.3, 0.4) is 0 Å². The number of unbranched alkanes of at least 4 members (excludes halogenated alkanes) is 1. The number of aliphatic carboxylic acids is 1. The van der Waals surface area contributed by atoms with E-state index in [1.54, 1.807) is 0 Å². The van der Waals surface area contributed by atoms with Gasteiger partial charge >= 0.3 is 24.5 Å². The van der Waals surface area contributed by atoms with Crippen molar-refractivity contribution in [1.82, 2.24) is 0 Å². The highest BCUT2D eigenvalue weighted by atomic mass is 19.5. The molecule has 0 aliphatic rings. The zero-order valence-corrected chi connectivity index (χ0v) is 12.7. The van der Waals surface area contributed by atoms with E-state index >= 15 is 0 Å². The molecule has 0 unspecified atom stereocenters. The lowest BCUT2D eigenvalue weighted by molar-refractivity contribution is -0.339. The topological polar surface area (TPSA) is 37.3 Å². The van der Waals surface area contributed by atoms with Crippen molar-refractivity contribution in [2.75, 3.05) is 26.7 Å². The average molecular weight is 426 g/mol. The highest BCUT2D eigenvalue weighted by Gasteiger charge is 2.58. The van der Waals surface area contributed by atoms with Crippen LogP contribution < -0.4 is 0 Å². The Labute approximate surface area is 139 Å². The molecule has 0 radical (unpaired) electrons. The molecule has 26 heavy (non-hydrogen) atoms. The van der Waals surface area contributed by atoms with Crippen molar-refractivity contribution in [2.45, 2.75) is 37.8 Å². The summed E-state index contributed by atoms with van der Waals surface area (Å²) in [5, 5.41) is 8.02. The standard InChI is InChI=1S/C5H9FO2.C2F6.C2H2F4.C2H4F2/c6-4-2-1-3-5(7)8;3-1(4,5)2(6,7)8;3-1-2(4,5)6;3-1-2-4/h1-4H2,(H,7,8);;1H2;1-2H2. The van der Waals surface area contributed by atoms with E-state index in [1.165, 1.54) is 0 Å². The fourth-order valence-corrected chi connectivity index (χ4v) is 0.371. The smallest absolute Gasteiger partial charge is 0.481 e. The van der Waals surface area contributed by atoms with Crippen molar-refractivity contribution < 1.29 is 67.0 Å². The third-order valence-corrected chi connectivity index (χ3v) is 1.32. The van der Waals surface area contributed by atoms with Crippen LogP contribution in [0.2, 0.25) is 0 Å². The van der Waals surface area contributed by atoms with Gasteiger partial charge in [0.15, 0.2) is 6.67 Å². The number of hydrogen-bond acceptors (Lipinski definition) is 1. The molecular formula is C11H15F13O2. The number of carboxylic acids is 1. The van der Waals surface area contributed by atoms with Gasteiger partial charge in [0.1, 0.15) is 13.3 Å². The number of carbonyl (C=O) groups is 1. The minimum absolute atomic E-state index is 0.0872. The summed E-state index contributed by atoms with van der Waals surface area (Å²) < 4.78 is 136. The Bertz CT molecular complexity index is 295. The summed E-state index contributed by atoms with van der Waals surface area (Å²) in [6, 6.07) is 0. The average Bonchev–Trinajstić information content (AvgIpc) is 2.46. The van der Waals surface area contributed by atoms with Gasteiger partial charge in [0.25, 0.3) is 0 Å². The van der Waals surface area contributed by atoms with E-state index in [0.717, 1.165) is 0 Å². The Kier molecular flexibility index (Phi) is 21.1. The Balaban J connectivity index is -0.000000128. The normalized spacial score (nSPS) is 11.1. The van der Waals surface area contributed by atoms with Gasteiger partial charge in [-0.3, -0.25) is 9.18 Å². The largest absolute Gasteiger partial charge is 0.487 e. The lowest BCUT2D eigenvalue weighted by Crippen LogP contribution is -2.30. The van der Waals surface area contributed by atoms with Crippen LogP contribution in [0, 0.1) is 0 Å². The number of halogens is 13. The molecule has 0 heterocycles. The van der Waals surface area contributed by atoms with Crippen LogP contribution >= 0.6 is 0 Å². The van der Waals surface area contributed by atoms with E-state index in [0.29, 0.717) is 12.8 Å². The fourth-order valence-electron chi connectivity index (χ4n) is 0.371. The van der Waals surface area contributed by atoms with Crippen LogP contribution in [0.4, 0.5) is 57.1 Å². The number of alkyl halides is 13. The van der Waals surface area contributed by atoms with Crippen LogP contribution in [-0.2, 0) is 4.79 Å². The van der Waals surface area contributed by atoms with Crippen molar-refractivity contribution in [3.05, 3.63) is 0 Å². The van der Waals surface area contributed by atoms with Gasteiger partial charge in [-0.2, -0.15) is 39.5 Å². The second kappa shape index (κ2) is 17.0. The minimum atomic E-state index is -6.06. The molecule has 0 bridgehead atoms. The molecule has 0 rings (SSSR count). The van der Waals surface area contributed by atoms with Crippen molar-refractivity contribution in [3.8, 4) is 0 Å². The Morgan fingerprint density at radius 1 is 0.654 bits per heavy atom. The van der Waals surface area contributed by atoms with Crippen molar-refractivity contribution >= 4 is 5.97 Å². The maximum absolute atomic E-state index is 11.3. The SMILES string of the molecule is FC(F)(F)C(F)(F)F.FCC(F)(F)F.FCCF.O=C(O)CCCCF. The van der Waals surface area contributed by atoms with Crippen LogP contribution in [0.1, 0.15) is 19.3 Å². The number of rotatable bonds is 5. The highest BCUT2D eigenvalue weighted by Crippen LogP contribution is 2.35. The third kappa shape index (κ3) is 38.2. The summed E-state index contributed by atoms with van der Waals surface area (Å²) in [6.07, 6.45) is -15.8. The monoisotopic (exact) mass is 426 g/mol.